The van der Waals surface area contributed by atoms with Crippen molar-refractivity contribution in [3.05, 3.63) is 0 Å². The first-order chi connectivity index (χ1) is 3.91. The van der Waals surface area contributed by atoms with Gasteiger partial charge in [0.1, 0.15) is 0 Å². The molecule has 0 rings (SSSR count). The zero-order valence-corrected chi connectivity index (χ0v) is 5.90. The van der Waals surface area contributed by atoms with Gasteiger partial charge in [-0.3, -0.25) is 4.79 Å². The summed E-state index contributed by atoms with van der Waals surface area (Å²) in [7, 11) is 0. The highest BCUT2D eigenvalue weighted by molar-refractivity contribution is 5.45. The zero-order chi connectivity index (χ0) is 6.83. The summed E-state index contributed by atoms with van der Waals surface area (Å²) < 4.78 is 0. The van der Waals surface area contributed by atoms with E-state index in [1.807, 2.05) is 20.8 Å². The lowest BCUT2D eigenvalue weighted by Gasteiger charge is -1.86. The molecule has 0 aromatic carbocycles. The van der Waals surface area contributed by atoms with Crippen molar-refractivity contribution in [1.29, 1.82) is 0 Å². The SMILES string of the molecule is CC.CCCNC=O. The Morgan fingerprint density at radius 1 is 1.50 bits per heavy atom. The summed E-state index contributed by atoms with van der Waals surface area (Å²) in [6.07, 6.45) is 1.72. The second kappa shape index (κ2) is 16.1. The average molecular weight is 117 g/mol. The van der Waals surface area contributed by atoms with Crippen LogP contribution in [0.2, 0.25) is 0 Å². The van der Waals surface area contributed by atoms with E-state index in [4.69, 9.17) is 0 Å². The normalized spacial score (nSPS) is 6.38. The van der Waals surface area contributed by atoms with Gasteiger partial charge < -0.3 is 5.32 Å². The fourth-order valence-electron chi connectivity index (χ4n) is 0.203. The molecule has 1 amide bonds. The van der Waals surface area contributed by atoms with Gasteiger partial charge in [0.2, 0.25) is 6.41 Å². The highest BCUT2D eigenvalue weighted by Crippen LogP contribution is 1.63. The minimum Gasteiger partial charge on any atom is -0.359 e. The van der Waals surface area contributed by atoms with Crippen LogP contribution in [0.1, 0.15) is 27.2 Å². The maximum atomic E-state index is 9.45. The number of carbonyl (C=O) groups is 1. The van der Waals surface area contributed by atoms with Crippen molar-refractivity contribution in [3.8, 4) is 0 Å². The van der Waals surface area contributed by atoms with E-state index in [9.17, 15) is 4.79 Å². The number of hydrogen-bond donors (Lipinski definition) is 1. The number of rotatable bonds is 3. The zero-order valence-electron chi connectivity index (χ0n) is 5.90. The summed E-state index contributed by atoms with van der Waals surface area (Å²) in [5.74, 6) is 0. The molecule has 1 N–H and O–H groups in total. The minimum atomic E-state index is 0.712. The maximum absolute atomic E-state index is 9.45. The van der Waals surface area contributed by atoms with E-state index in [-0.39, 0.29) is 0 Å². The second-order valence-electron chi connectivity index (χ2n) is 1.07. The van der Waals surface area contributed by atoms with E-state index in [2.05, 4.69) is 5.32 Å². The smallest absolute Gasteiger partial charge is 0.207 e. The van der Waals surface area contributed by atoms with Crippen molar-refractivity contribution >= 4 is 6.41 Å². The lowest BCUT2D eigenvalue weighted by atomic mass is 10.5. The third-order valence-electron chi connectivity index (χ3n) is 0.478. The Balaban J connectivity index is 0. The number of nitrogens with one attached hydrogen (secondary N) is 1. The molecule has 0 fully saturated rings. The van der Waals surface area contributed by atoms with Crippen LogP contribution in [0.15, 0.2) is 0 Å². The molecule has 0 spiro atoms. The van der Waals surface area contributed by atoms with Crippen LogP contribution in [0.3, 0.4) is 0 Å². The van der Waals surface area contributed by atoms with Gasteiger partial charge in [-0.05, 0) is 6.42 Å². The van der Waals surface area contributed by atoms with Crippen LogP contribution in [0.25, 0.3) is 0 Å². The van der Waals surface area contributed by atoms with Crippen LogP contribution >= 0.6 is 0 Å². The summed E-state index contributed by atoms with van der Waals surface area (Å²) in [6, 6.07) is 0. The highest BCUT2D eigenvalue weighted by Gasteiger charge is 1.69. The van der Waals surface area contributed by atoms with Crippen molar-refractivity contribution in [3.63, 3.8) is 0 Å². The molecule has 0 radical (unpaired) electrons. The molecule has 0 bridgehead atoms. The van der Waals surface area contributed by atoms with E-state index in [1.165, 1.54) is 0 Å². The molecule has 0 saturated carbocycles. The van der Waals surface area contributed by atoms with Gasteiger partial charge in [-0.1, -0.05) is 20.8 Å². The Hall–Kier alpha value is -0.530. The molecule has 0 aliphatic rings. The van der Waals surface area contributed by atoms with Crippen LogP contribution in [0, 0.1) is 0 Å². The standard InChI is InChI=1S/C4H9NO.C2H6/c1-2-3-5-4-6;1-2/h4H,2-3H2,1H3,(H,5,6);1-2H3. The third-order valence-corrected chi connectivity index (χ3v) is 0.478. The van der Waals surface area contributed by atoms with E-state index in [0.717, 1.165) is 13.0 Å². The Labute approximate surface area is 51.3 Å². The largest absolute Gasteiger partial charge is 0.359 e. The molecule has 0 aromatic heterocycles. The molecular formula is C6H15NO. The number of amides is 1. The fourth-order valence-corrected chi connectivity index (χ4v) is 0.203. The first-order valence-corrected chi connectivity index (χ1v) is 3.09. The maximum Gasteiger partial charge on any atom is 0.207 e. The molecule has 0 saturated heterocycles. The van der Waals surface area contributed by atoms with E-state index in [0.29, 0.717) is 6.41 Å². The first kappa shape index (κ1) is 10.5. The van der Waals surface area contributed by atoms with Gasteiger partial charge in [0.15, 0.2) is 0 Å². The van der Waals surface area contributed by atoms with Gasteiger partial charge in [0, 0.05) is 6.54 Å². The first-order valence-electron chi connectivity index (χ1n) is 3.09. The van der Waals surface area contributed by atoms with Gasteiger partial charge in [0.05, 0.1) is 0 Å². The van der Waals surface area contributed by atoms with E-state index >= 15 is 0 Å². The summed E-state index contributed by atoms with van der Waals surface area (Å²) >= 11 is 0. The summed E-state index contributed by atoms with van der Waals surface area (Å²) in [6.45, 7) is 6.81. The van der Waals surface area contributed by atoms with Crippen molar-refractivity contribution in [2.45, 2.75) is 27.2 Å². The van der Waals surface area contributed by atoms with Gasteiger partial charge >= 0.3 is 0 Å². The Bertz CT molecular complexity index is 37.5. The van der Waals surface area contributed by atoms with Crippen LogP contribution in [0.4, 0.5) is 0 Å². The predicted octanol–water partition coefficient (Wildman–Crippen LogP) is 1.17. The molecular weight excluding hydrogens is 102 g/mol. The molecule has 0 aliphatic heterocycles. The topological polar surface area (TPSA) is 29.1 Å². The summed E-state index contributed by atoms with van der Waals surface area (Å²) in [4.78, 5) is 9.45. The molecule has 50 valence electrons. The van der Waals surface area contributed by atoms with Crippen LogP contribution < -0.4 is 5.32 Å². The Morgan fingerprint density at radius 3 is 2.12 bits per heavy atom. The quantitative estimate of drug-likeness (QED) is 0.436. The van der Waals surface area contributed by atoms with Gasteiger partial charge in [-0.25, -0.2) is 0 Å². The summed E-state index contributed by atoms with van der Waals surface area (Å²) in [5, 5.41) is 2.52. The lowest BCUT2D eigenvalue weighted by Crippen LogP contribution is -2.10. The van der Waals surface area contributed by atoms with Crippen molar-refractivity contribution < 1.29 is 4.79 Å². The lowest BCUT2D eigenvalue weighted by molar-refractivity contribution is -0.109. The Morgan fingerprint density at radius 2 is 2.00 bits per heavy atom. The van der Waals surface area contributed by atoms with E-state index in [1.54, 1.807) is 0 Å². The van der Waals surface area contributed by atoms with Crippen LogP contribution in [-0.4, -0.2) is 13.0 Å². The molecule has 0 aromatic rings. The van der Waals surface area contributed by atoms with Crippen LogP contribution in [-0.2, 0) is 4.79 Å². The van der Waals surface area contributed by atoms with Crippen molar-refractivity contribution in [2.75, 3.05) is 6.54 Å². The molecule has 2 heteroatoms. The monoisotopic (exact) mass is 117 g/mol. The average Bonchev–Trinajstić information content (AvgIpc) is 1.88. The minimum absolute atomic E-state index is 0.712. The van der Waals surface area contributed by atoms with Gasteiger partial charge in [-0.15, -0.1) is 0 Å². The Kier molecular flexibility index (Phi) is 21.0. The third kappa shape index (κ3) is 17.9. The highest BCUT2D eigenvalue weighted by atomic mass is 16.1. The number of hydrogen-bond acceptors (Lipinski definition) is 1. The van der Waals surface area contributed by atoms with Crippen LogP contribution in [0.5, 0.6) is 0 Å². The fraction of sp³-hybridized carbons (Fsp3) is 0.833. The van der Waals surface area contributed by atoms with Crippen molar-refractivity contribution in [2.24, 2.45) is 0 Å². The van der Waals surface area contributed by atoms with Gasteiger partial charge in [0.25, 0.3) is 0 Å². The molecule has 0 atom stereocenters. The molecule has 8 heavy (non-hydrogen) atoms. The molecule has 0 unspecified atom stereocenters. The predicted molar refractivity (Wildman–Crippen MR) is 35.7 cm³/mol. The second-order valence-corrected chi connectivity index (χ2v) is 1.07. The molecule has 2 nitrogen and oxygen atoms in total. The molecule has 0 aliphatic carbocycles. The van der Waals surface area contributed by atoms with Crippen molar-refractivity contribution in [1.82, 2.24) is 5.32 Å². The van der Waals surface area contributed by atoms with Gasteiger partial charge in [-0.2, -0.15) is 0 Å². The van der Waals surface area contributed by atoms with E-state index < -0.39 is 0 Å². The number of carbonyl (C=O) groups excluding carboxylic acids is 1. The molecule has 0 heterocycles. The summed E-state index contributed by atoms with van der Waals surface area (Å²) in [5.41, 5.74) is 0.